The minimum Gasteiger partial charge on any atom is -0.469 e. The van der Waals surface area contributed by atoms with Crippen molar-refractivity contribution in [2.75, 3.05) is 5.32 Å². The van der Waals surface area contributed by atoms with Crippen molar-refractivity contribution >= 4 is 23.1 Å². The number of aromatic nitrogens is 2. The third-order valence-corrected chi connectivity index (χ3v) is 11.9. The normalized spacial score (nSPS) is 22.1. The fourth-order valence-corrected chi connectivity index (χ4v) is 9.20. The number of carbonyl (C=O) groups excluding carboxylic acids is 2. The molecule has 10 rings (SSSR count). The fourth-order valence-electron chi connectivity index (χ4n) is 9.20. The fraction of sp³-hybridized carbons (Fsp3) is 0.304. The number of anilines is 1. The number of rotatable bonds is 6. The topological polar surface area (TPSA) is 132 Å². The number of fused-ring (bicyclic) bond motifs is 7. The number of para-hydroxylation sites is 1. The highest BCUT2D eigenvalue weighted by molar-refractivity contribution is 5.97. The second-order valence-corrected chi connectivity index (χ2v) is 16.2. The third kappa shape index (κ3) is 5.14. The van der Waals surface area contributed by atoms with E-state index >= 15 is 0 Å². The summed E-state index contributed by atoms with van der Waals surface area (Å²) in [5.41, 5.74) is 10.7. The van der Waals surface area contributed by atoms with E-state index in [1.807, 2.05) is 32.9 Å². The van der Waals surface area contributed by atoms with E-state index in [1.165, 1.54) is 11.1 Å². The summed E-state index contributed by atoms with van der Waals surface area (Å²) < 4.78 is 20.6. The van der Waals surface area contributed by atoms with Crippen LogP contribution in [0.1, 0.15) is 98.7 Å². The van der Waals surface area contributed by atoms with E-state index in [1.54, 1.807) is 12.3 Å². The standard InChI is InChI=1S/C46H43N5O5/c1-23(2)9-6-10-25(5)19-36(52)48-33-21-26-15-18-34-32(20-26)46-31-14-8-13-29(39(31)51-45(46)55-34)28-12-7-11-27-16-17-30(37(27)28)35-22-47-43(54-35)40-41(46)56-44(50-40)38(24(3)4)49-42(33)53/h7-9,11-15,17-20,22,24,33,38,45,51H,6,10,16,21H2,1-5H3,(H,48,52)(H,49,53)/b25-19+. The van der Waals surface area contributed by atoms with Gasteiger partial charge in [0.2, 0.25) is 23.6 Å². The lowest BCUT2D eigenvalue weighted by Gasteiger charge is -2.28. The van der Waals surface area contributed by atoms with Gasteiger partial charge in [-0.15, -0.1) is 0 Å². The monoisotopic (exact) mass is 745 g/mol. The summed E-state index contributed by atoms with van der Waals surface area (Å²) in [4.78, 5) is 37.9. The molecule has 4 unspecified atom stereocenters. The Morgan fingerprint density at radius 1 is 1.04 bits per heavy atom. The number of benzene rings is 3. The van der Waals surface area contributed by atoms with Gasteiger partial charge in [-0.3, -0.25) is 9.59 Å². The zero-order valence-electron chi connectivity index (χ0n) is 32.1. The minimum absolute atomic E-state index is 0.129. The van der Waals surface area contributed by atoms with Gasteiger partial charge < -0.3 is 29.5 Å². The van der Waals surface area contributed by atoms with E-state index in [9.17, 15) is 9.59 Å². The Morgan fingerprint density at radius 2 is 1.88 bits per heavy atom. The quantitative estimate of drug-likeness (QED) is 0.117. The number of carbonyl (C=O) groups is 2. The second-order valence-electron chi connectivity index (χ2n) is 16.2. The van der Waals surface area contributed by atoms with Crippen LogP contribution in [0.25, 0.3) is 28.3 Å². The van der Waals surface area contributed by atoms with Gasteiger partial charge in [-0.05, 0) is 74.3 Å². The van der Waals surface area contributed by atoms with Crippen molar-refractivity contribution in [2.24, 2.45) is 5.92 Å². The molecule has 10 bridgehead atoms. The average molecular weight is 746 g/mol. The molecular weight excluding hydrogens is 703 g/mol. The molecule has 56 heavy (non-hydrogen) atoms. The second kappa shape index (κ2) is 12.7. The lowest BCUT2D eigenvalue weighted by molar-refractivity contribution is -0.128. The highest BCUT2D eigenvalue weighted by Crippen LogP contribution is 2.61. The number of oxazole rings is 2. The predicted molar refractivity (Wildman–Crippen MR) is 213 cm³/mol. The summed E-state index contributed by atoms with van der Waals surface area (Å²) in [5, 5.41) is 10.1. The molecule has 10 heteroatoms. The van der Waals surface area contributed by atoms with Crippen LogP contribution < -0.4 is 20.7 Å². The third-order valence-electron chi connectivity index (χ3n) is 11.9. The van der Waals surface area contributed by atoms with Gasteiger partial charge in [-0.25, -0.2) is 9.97 Å². The first kappa shape index (κ1) is 34.3. The van der Waals surface area contributed by atoms with Crippen LogP contribution in [0.5, 0.6) is 5.75 Å². The Bertz CT molecular complexity index is 2580. The van der Waals surface area contributed by atoms with E-state index in [2.05, 4.69) is 84.4 Å². The van der Waals surface area contributed by atoms with Crippen LogP contribution in [-0.2, 0) is 27.8 Å². The molecule has 4 atom stereocenters. The molecule has 4 aliphatic heterocycles. The number of hydrogen-bond acceptors (Lipinski definition) is 8. The van der Waals surface area contributed by atoms with Gasteiger partial charge in [-0.2, -0.15) is 0 Å². The summed E-state index contributed by atoms with van der Waals surface area (Å²) in [7, 11) is 0. The van der Waals surface area contributed by atoms with Crippen LogP contribution in [-0.4, -0.2) is 34.1 Å². The molecule has 1 aliphatic carbocycles. The molecule has 2 amide bonds. The number of nitrogens with zero attached hydrogens (tertiary/aromatic N) is 2. The van der Waals surface area contributed by atoms with Gasteiger partial charge in [-0.1, -0.05) is 85.7 Å². The number of hydrogen-bond donors (Lipinski definition) is 3. The molecule has 2 aromatic heterocycles. The van der Waals surface area contributed by atoms with E-state index in [0.29, 0.717) is 34.7 Å². The zero-order valence-corrected chi connectivity index (χ0v) is 32.1. The first-order chi connectivity index (χ1) is 27.1. The van der Waals surface area contributed by atoms with Crippen LogP contribution in [0.3, 0.4) is 0 Å². The molecule has 3 N–H and O–H groups in total. The predicted octanol–water partition coefficient (Wildman–Crippen LogP) is 8.32. The van der Waals surface area contributed by atoms with E-state index < -0.39 is 23.7 Å². The summed E-state index contributed by atoms with van der Waals surface area (Å²) in [6.07, 6.45) is 9.76. The molecule has 5 aromatic rings. The maximum absolute atomic E-state index is 14.3. The summed E-state index contributed by atoms with van der Waals surface area (Å²) in [5.74, 6) is 1.73. The smallest absolute Gasteiger partial charge is 0.249 e. The molecule has 0 fully saturated rings. The van der Waals surface area contributed by atoms with Crippen molar-refractivity contribution in [3.05, 3.63) is 135 Å². The van der Waals surface area contributed by atoms with Gasteiger partial charge in [0.25, 0.3) is 0 Å². The SMILES string of the molecule is CC(C)=CCC/C(C)=C/C(=O)NC1Cc2ccc3c(c2)C24c5cccc(c5NC2O3)-c2cccc3c2C(=CC3)c2cnc(o2)-c2nc(oc24)C(C(C)C)NC1=O. The van der Waals surface area contributed by atoms with Gasteiger partial charge in [0.05, 0.1) is 6.20 Å². The molecular formula is C46H43N5O5. The Balaban J connectivity index is 1.18. The van der Waals surface area contributed by atoms with Gasteiger partial charge in [0, 0.05) is 40.4 Å². The van der Waals surface area contributed by atoms with Crippen molar-refractivity contribution in [3.63, 3.8) is 0 Å². The van der Waals surface area contributed by atoms with Gasteiger partial charge >= 0.3 is 0 Å². The number of nitrogens with one attached hydrogen (secondary N) is 3. The van der Waals surface area contributed by atoms with Crippen LogP contribution in [0.4, 0.5) is 5.69 Å². The van der Waals surface area contributed by atoms with Crippen LogP contribution in [0.2, 0.25) is 0 Å². The highest BCUT2D eigenvalue weighted by Gasteiger charge is 2.61. The molecule has 6 heterocycles. The Labute approximate surface area is 325 Å². The van der Waals surface area contributed by atoms with Gasteiger partial charge in [0.15, 0.2) is 23.4 Å². The summed E-state index contributed by atoms with van der Waals surface area (Å²) in [6.45, 7) is 10.1. The van der Waals surface area contributed by atoms with Crippen molar-refractivity contribution in [3.8, 4) is 28.5 Å². The highest BCUT2D eigenvalue weighted by atomic mass is 16.5. The van der Waals surface area contributed by atoms with E-state index in [0.717, 1.165) is 69.5 Å². The molecule has 3 aromatic carbocycles. The Kier molecular flexibility index (Phi) is 7.78. The molecule has 5 aliphatic rings. The van der Waals surface area contributed by atoms with Crippen molar-refractivity contribution < 1.29 is 23.2 Å². The van der Waals surface area contributed by atoms with E-state index in [4.69, 9.17) is 23.5 Å². The largest absolute Gasteiger partial charge is 0.469 e. The molecule has 0 saturated carbocycles. The molecule has 0 saturated heterocycles. The van der Waals surface area contributed by atoms with E-state index in [-0.39, 0.29) is 24.2 Å². The zero-order chi connectivity index (χ0) is 38.5. The average Bonchev–Trinajstić information content (AvgIpc) is 3.99. The van der Waals surface area contributed by atoms with Crippen LogP contribution in [0, 0.1) is 5.92 Å². The lowest BCUT2D eigenvalue weighted by Crippen LogP contribution is -2.49. The molecule has 282 valence electrons. The Morgan fingerprint density at radius 3 is 2.71 bits per heavy atom. The van der Waals surface area contributed by atoms with Crippen LogP contribution >= 0.6 is 0 Å². The van der Waals surface area contributed by atoms with Crippen molar-refractivity contribution in [1.29, 1.82) is 0 Å². The molecule has 0 radical (unpaired) electrons. The minimum atomic E-state index is -1.02. The Hall–Kier alpha value is -6.16. The molecule has 10 nitrogen and oxygen atoms in total. The number of amides is 2. The first-order valence-corrected chi connectivity index (χ1v) is 19.5. The van der Waals surface area contributed by atoms with Crippen molar-refractivity contribution in [1.82, 2.24) is 20.6 Å². The van der Waals surface area contributed by atoms with Gasteiger partial charge in [0.1, 0.15) is 23.2 Å². The maximum atomic E-state index is 14.3. The van der Waals surface area contributed by atoms with Crippen LogP contribution in [0.15, 0.2) is 99.0 Å². The summed E-state index contributed by atoms with van der Waals surface area (Å²) in [6, 6.07) is 17.3. The van der Waals surface area contributed by atoms with Crippen molar-refractivity contribution in [2.45, 2.75) is 84.0 Å². The first-order valence-electron chi connectivity index (χ1n) is 19.5. The molecule has 1 spiro atoms. The number of ether oxygens (including phenoxy) is 1. The maximum Gasteiger partial charge on any atom is 0.249 e. The summed E-state index contributed by atoms with van der Waals surface area (Å²) >= 11 is 0. The lowest BCUT2D eigenvalue weighted by atomic mass is 9.72. The number of allylic oxidation sites excluding steroid dienone is 4.